The first kappa shape index (κ1) is 11.5. The van der Waals surface area contributed by atoms with Crippen LogP contribution in [0.25, 0.3) is 0 Å². The number of rotatable bonds is 2. The highest BCUT2D eigenvalue weighted by Crippen LogP contribution is 2.14. The second kappa shape index (κ2) is 4.28. The third-order valence-corrected chi connectivity index (χ3v) is 2.10. The summed E-state index contributed by atoms with van der Waals surface area (Å²) >= 11 is 0. The van der Waals surface area contributed by atoms with Crippen LogP contribution in [0.5, 0.6) is 0 Å². The van der Waals surface area contributed by atoms with Crippen LogP contribution in [0.2, 0.25) is 0 Å². The van der Waals surface area contributed by atoms with Gasteiger partial charge in [0, 0.05) is 13.1 Å². The molecular weight excluding hydrogens is 182 g/mol. The third-order valence-electron chi connectivity index (χ3n) is 2.10. The van der Waals surface area contributed by atoms with E-state index in [-0.39, 0.29) is 0 Å². The minimum absolute atomic E-state index is 0.530. The van der Waals surface area contributed by atoms with Crippen LogP contribution in [0.1, 0.15) is 33.6 Å². The Morgan fingerprint density at radius 1 is 1.36 bits per heavy atom. The molecule has 4 nitrogen and oxygen atoms in total. The molecule has 0 radical (unpaired) electrons. The van der Waals surface area contributed by atoms with Crippen LogP contribution < -0.4 is 0 Å². The van der Waals surface area contributed by atoms with Crippen LogP contribution in [-0.2, 0) is 9.53 Å². The van der Waals surface area contributed by atoms with Crippen molar-refractivity contribution in [1.82, 2.24) is 4.90 Å². The number of ether oxygens (including phenoxy) is 1. The molecular formula is C10H19NO3. The highest BCUT2D eigenvalue weighted by Gasteiger charge is 2.29. The number of hydrogen-bond acceptors (Lipinski definition) is 4. The molecule has 1 atom stereocenters. The summed E-state index contributed by atoms with van der Waals surface area (Å²) < 4.78 is 5.08. The number of likely N-dealkylation sites (tertiary alicyclic amines) is 1. The van der Waals surface area contributed by atoms with Crippen LogP contribution in [0.3, 0.4) is 0 Å². The fourth-order valence-corrected chi connectivity index (χ4v) is 1.49. The molecule has 4 heteroatoms. The van der Waals surface area contributed by atoms with Crippen LogP contribution in [-0.4, -0.2) is 40.9 Å². The van der Waals surface area contributed by atoms with E-state index in [0.717, 1.165) is 25.9 Å². The lowest BCUT2D eigenvalue weighted by molar-refractivity contribution is -0.174. The van der Waals surface area contributed by atoms with Gasteiger partial charge in [0.25, 0.3) is 0 Å². The Bertz CT molecular complexity index is 204. The lowest BCUT2D eigenvalue weighted by Crippen LogP contribution is -2.42. The zero-order chi connectivity index (χ0) is 10.8. The minimum Gasteiger partial charge on any atom is -0.457 e. The number of carbonyl (C=O) groups is 1. The zero-order valence-corrected chi connectivity index (χ0v) is 9.12. The molecule has 0 spiro atoms. The Morgan fingerprint density at radius 3 is 2.29 bits per heavy atom. The summed E-state index contributed by atoms with van der Waals surface area (Å²) in [5.41, 5.74) is -0.530. The molecule has 14 heavy (non-hydrogen) atoms. The van der Waals surface area contributed by atoms with E-state index >= 15 is 0 Å². The van der Waals surface area contributed by atoms with Crippen LogP contribution in [0, 0.1) is 0 Å². The van der Waals surface area contributed by atoms with Crippen molar-refractivity contribution >= 4 is 5.97 Å². The summed E-state index contributed by atoms with van der Waals surface area (Å²) in [4.78, 5) is 13.2. The van der Waals surface area contributed by atoms with Gasteiger partial charge in [0.2, 0.25) is 6.23 Å². The number of aliphatic hydroxyl groups is 1. The average Bonchev–Trinajstić information content (AvgIpc) is 2.51. The first-order valence-corrected chi connectivity index (χ1v) is 5.05. The largest absolute Gasteiger partial charge is 0.457 e. The number of hydrogen-bond donors (Lipinski definition) is 1. The van der Waals surface area contributed by atoms with Gasteiger partial charge >= 0.3 is 5.97 Å². The van der Waals surface area contributed by atoms with E-state index in [1.54, 1.807) is 25.7 Å². The number of esters is 1. The molecule has 1 heterocycles. The van der Waals surface area contributed by atoms with Crippen molar-refractivity contribution in [3.05, 3.63) is 0 Å². The first-order chi connectivity index (χ1) is 6.40. The number of nitrogens with zero attached hydrogens (tertiary/aromatic N) is 1. The summed E-state index contributed by atoms with van der Waals surface area (Å²) in [5.74, 6) is -0.542. The normalized spacial score (nSPS) is 20.9. The van der Waals surface area contributed by atoms with E-state index in [1.807, 2.05) is 0 Å². The molecule has 0 aliphatic carbocycles. The lowest BCUT2D eigenvalue weighted by Gasteiger charge is -2.25. The van der Waals surface area contributed by atoms with Gasteiger partial charge in [0.05, 0.1) is 0 Å². The first-order valence-electron chi connectivity index (χ1n) is 5.05. The lowest BCUT2D eigenvalue weighted by atomic mass is 10.2. The Hall–Kier alpha value is -0.610. The van der Waals surface area contributed by atoms with Gasteiger partial charge in [0.1, 0.15) is 5.60 Å². The molecule has 0 unspecified atom stereocenters. The molecule has 1 saturated heterocycles. The maximum Gasteiger partial charge on any atom is 0.351 e. The second-order valence-electron chi connectivity index (χ2n) is 4.65. The van der Waals surface area contributed by atoms with Gasteiger partial charge < -0.3 is 9.84 Å². The van der Waals surface area contributed by atoms with Crippen LogP contribution in [0.15, 0.2) is 0 Å². The maximum atomic E-state index is 11.4. The molecule has 82 valence electrons. The van der Waals surface area contributed by atoms with Gasteiger partial charge in [-0.1, -0.05) is 0 Å². The summed E-state index contributed by atoms with van der Waals surface area (Å²) in [6.07, 6.45) is 0.997. The highest BCUT2D eigenvalue weighted by molar-refractivity contribution is 5.74. The van der Waals surface area contributed by atoms with Gasteiger partial charge in [-0.05, 0) is 33.6 Å². The van der Waals surface area contributed by atoms with Gasteiger partial charge in [-0.2, -0.15) is 0 Å². The van der Waals surface area contributed by atoms with Crippen molar-refractivity contribution < 1.29 is 14.6 Å². The van der Waals surface area contributed by atoms with Crippen molar-refractivity contribution in [2.24, 2.45) is 0 Å². The predicted molar refractivity (Wildman–Crippen MR) is 52.7 cm³/mol. The molecule has 0 saturated carbocycles. The van der Waals surface area contributed by atoms with Gasteiger partial charge in [-0.25, -0.2) is 4.79 Å². The van der Waals surface area contributed by atoms with E-state index < -0.39 is 17.8 Å². The van der Waals surface area contributed by atoms with Gasteiger partial charge in [0.15, 0.2) is 0 Å². The molecule has 1 fully saturated rings. The SMILES string of the molecule is CC(C)(C)OC(=O)[C@H](O)N1CCCC1. The molecule has 0 aromatic carbocycles. The van der Waals surface area contributed by atoms with E-state index in [4.69, 9.17) is 4.74 Å². The van der Waals surface area contributed by atoms with Crippen LogP contribution >= 0.6 is 0 Å². The van der Waals surface area contributed by atoms with Crippen LogP contribution in [0.4, 0.5) is 0 Å². The average molecular weight is 201 g/mol. The quantitative estimate of drug-likeness (QED) is 0.669. The summed E-state index contributed by atoms with van der Waals surface area (Å²) in [5, 5.41) is 9.63. The number of aliphatic hydroxyl groups excluding tert-OH is 1. The van der Waals surface area contributed by atoms with E-state index in [1.165, 1.54) is 0 Å². The second-order valence-corrected chi connectivity index (χ2v) is 4.65. The van der Waals surface area contributed by atoms with E-state index in [0.29, 0.717) is 0 Å². The standard InChI is InChI=1S/C10H19NO3/c1-10(2,3)14-9(13)8(12)11-6-4-5-7-11/h8,12H,4-7H2,1-3H3/t8-/m0/s1. The summed E-state index contributed by atoms with van der Waals surface area (Å²) in [7, 11) is 0. The molecule has 0 amide bonds. The monoisotopic (exact) mass is 201 g/mol. The Kier molecular flexibility index (Phi) is 3.50. The Balaban J connectivity index is 2.43. The molecule has 0 bridgehead atoms. The van der Waals surface area contributed by atoms with Crippen molar-refractivity contribution in [3.8, 4) is 0 Å². The minimum atomic E-state index is -1.09. The maximum absolute atomic E-state index is 11.4. The molecule has 1 aliphatic heterocycles. The molecule has 0 aromatic heterocycles. The zero-order valence-electron chi connectivity index (χ0n) is 9.12. The van der Waals surface area contributed by atoms with E-state index in [2.05, 4.69) is 0 Å². The summed E-state index contributed by atoms with van der Waals surface area (Å²) in [6, 6.07) is 0. The summed E-state index contributed by atoms with van der Waals surface area (Å²) in [6.45, 7) is 6.94. The smallest absolute Gasteiger partial charge is 0.351 e. The molecule has 1 N–H and O–H groups in total. The highest BCUT2D eigenvalue weighted by atomic mass is 16.6. The van der Waals surface area contributed by atoms with Crippen molar-refractivity contribution in [2.75, 3.05) is 13.1 Å². The fraction of sp³-hybridized carbons (Fsp3) is 0.900. The fourth-order valence-electron chi connectivity index (χ4n) is 1.49. The van der Waals surface area contributed by atoms with Crippen molar-refractivity contribution in [2.45, 2.75) is 45.4 Å². The van der Waals surface area contributed by atoms with Crippen molar-refractivity contribution in [3.63, 3.8) is 0 Å². The Morgan fingerprint density at radius 2 is 1.86 bits per heavy atom. The third kappa shape index (κ3) is 3.27. The van der Waals surface area contributed by atoms with E-state index in [9.17, 15) is 9.90 Å². The Labute approximate surface area is 84.8 Å². The topological polar surface area (TPSA) is 49.8 Å². The molecule has 0 aromatic rings. The van der Waals surface area contributed by atoms with Crippen molar-refractivity contribution in [1.29, 1.82) is 0 Å². The number of carbonyl (C=O) groups excluding carboxylic acids is 1. The predicted octanol–water partition coefficient (Wildman–Crippen LogP) is 0.742. The van der Waals surface area contributed by atoms with Gasteiger partial charge in [-0.15, -0.1) is 0 Å². The molecule has 1 rings (SSSR count). The van der Waals surface area contributed by atoms with Gasteiger partial charge in [-0.3, -0.25) is 4.90 Å². The molecule has 1 aliphatic rings.